The number of amides is 3. The molecule has 0 radical (unpaired) electrons. The largest absolute Gasteiger partial charge is 0.481 e. The monoisotopic (exact) mass is 706 g/mol. The Bertz CT molecular complexity index is 1850. The number of carboxylic acids is 1. The first kappa shape index (κ1) is 36.9. The Labute approximate surface area is 281 Å². The van der Waals surface area contributed by atoms with Crippen LogP contribution in [0.25, 0.3) is 15.8 Å². The number of alkyl halides is 6. The van der Waals surface area contributed by atoms with Crippen LogP contribution in [0.5, 0.6) is 0 Å². The fourth-order valence-electron chi connectivity index (χ4n) is 5.18. The lowest BCUT2D eigenvalue weighted by Crippen LogP contribution is -2.34. The molecule has 1 aliphatic rings. The van der Waals surface area contributed by atoms with Crippen molar-refractivity contribution in [1.82, 2.24) is 10.3 Å². The van der Waals surface area contributed by atoms with Crippen molar-refractivity contribution < 1.29 is 45.8 Å². The number of carbonyl (C=O) groups excluding carboxylic acids is 2. The van der Waals surface area contributed by atoms with Gasteiger partial charge in [0.15, 0.2) is 5.13 Å². The minimum absolute atomic E-state index is 0. The third-order valence-electron chi connectivity index (χ3n) is 7.60. The zero-order chi connectivity index (χ0) is 34.6. The van der Waals surface area contributed by atoms with Crippen LogP contribution in [-0.2, 0) is 23.7 Å². The Balaban J connectivity index is 0.00000541. The van der Waals surface area contributed by atoms with Gasteiger partial charge in [-0.3, -0.25) is 19.8 Å². The van der Waals surface area contributed by atoms with Gasteiger partial charge in [0.25, 0.3) is 5.91 Å². The summed E-state index contributed by atoms with van der Waals surface area (Å²) in [4.78, 5) is 42.0. The molecule has 15 heteroatoms. The Morgan fingerprint density at radius 2 is 1.61 bits per heavy atom. The topological polar surface area (TPSA) is 112 Å². The fourth-order valence-corrected chi connectivity index (χ4v) is 6.15. The predicted molar refractivity (Wildman–Crippen MR) is 175 cm³/mol. The van der Waals surface area contributed by atoms with Gasteiger partial charge in [0, 0.05) is 17.8 Å². The Morgan fingerprint density at radius 1 is 0.918 bits per heavy atom. The summed E-state index contributed by atoms with van der Waals surface area (Å²) in [7, 11) is 0. The number of hydrogen-bond acceptors (Lipinski definition) is 5. The molecule has 1 aliphatic carbocycles. The second kappa shape index (κ2) is 15.1. The molecule has 3 amide bonds. The molecule has 0 aliphatic heterocycles. The Kier molecular flexibility index (Phi) is 11.4. The number of fused-ring (bicyclic) bond motifs is 1. The van der Waals surface area contributed by atoms with Crippen LogP contribution in [0.4, 0.5) is 42.0 Å². The van der Waals surface area contributed by atoms with E-state index in [2.05, 4.69) is 21.7 Å². The van der Waals surface area contributed by atoms with Crippen molar-refractivity contribution in [2.45, 2.75) is 58.4 Å². The lowest BCUT2D eigenvalue weighted by molar-refractivity contribution is -0.142. The second-order valence-corrected chi connectivity index (χ2v) is 12.0. The van der Waals surface area contributed by atoms with Crippen molar-refractivity contribution in [2.75, 3.05) is 16.8 Å². The molecule has 3 N–H and O–H groups in total. The maximum atomic E-state index is 13.8. The highest BCUT2D eigenvalue weighted by atomic mass is 32.1. The Hall–Kier alpha value is -4.92. The number of nitrogens with zero attached hydrogens (tertiary/aromatic N) is 2. The van der Waals surface area contributed by atoms with E-state index in [1.165, 1.54) is 22.6 Å². The minimum Gasteiger partial charge on any atom is -0.481 e. The summed E-state index contributed by atoms with van der Waals surface area (Å²) in [5, 5.41) is 13.4. The quantitative estimate of drug-likeness (QED) is 0.150. The number of rotatable bonds is 9. The van der Waals surface area contributed by atoms with Crippen LogP contribution in [0, 0.1) is 0 Å². The molecular weight excluding hydrogens is 674 g/mol. The summed E-state index contributed by atoms with van der Waals surface area (Å²) in [5.74, 6) is -1.56. The van der Waals surface area contributed by atoms with Gasteiger partial charge in [0.05, 0.1) is 34.3 Å². The average Bonchev–Trinajstić information content (AvgIpc) is 3.45. The number of aliphatic carboxylic acids is 1. The highest BCUT2D eigenvalue weighted by Gasteiger charge is 2.39. The van der Waals surface area contributed by atoms with E-state index < -0.39 is 51.6 Å². The number of anilines is 2. The van der Waals surface area contributed by atoms with E-state index in [0.717, 1.165) is 31.2 Å². The van der Waals surface area contributed by atoms with Gasteiger partial charge in [0.2, 0.25) is 0 Å². The smallest absolute Gasteiger partial charge is 0.417 e. The SMILES string of the molecule is C.O=C(O)CCNC(=O)c1ccc(CN(C(=O)Nc2nc3cc(C(F)(F)F)cc(C(F)(F)F)c3s2)c2ccc(C3=CCCCC3)cc2)cc1. The lowest BCUT2D eigenvalue weighted by atomic mass is 9.93. The molecule has 4 aromatic rings. The molecule has 1 heterocycles. The number of carbonyl (C=O) groups is 3. The standard InChI is InChI=1S/C33H28F6N4O4S.CH4/c34-32(35,36)23-16-25(33(37,38)39)28-26(17-23)41-30(48-28)42-31(47)43(24-12-10-21(11-13-24)20-4-2-1-3-5-20)18-19-6-8-22(9-7-19)29(46)40-15-14-27(44)45;/h4,6-13,16-17H,1-3,5,14-15,18H2,(H,40,46)(H,44,45)(H,41,42,47);1H4. The van der Waals surface area contributed by atoms with Crippen molar-refractivity contribution in [3.63, 3.8) is 0 Å². The van der Waals surface area contributed by atoms with E-state index in [-0.39, 0.29) is 43.7 Å². The number of aromatic nitrogens is 1. The molecule has 0 spiro atoms. The second-order valence-electron chi connectivity index (χ2n) is 11.0. The number of hydrogen-bond donors (Lipinski definition) is 3. The molecule has 3 aromatic carbocycles. The normalized spacial score (nSPS) is 13.3. The molecule has 0 saturated heterocycles. The number of halogens is 6. The maximum Gasteiger partial charge on any atom is 0.417 e. The zero-order valence-corrected chi connectivity index (χ0v) is 25.9. The van der Waals surface area contributed by atoms with E-state index in [4.69, 9.17) is 5.11 Å². The summed E-state index contributed by atoms with van der Waals surface area (Å²) in [6.45, 7) is -0.129. The lowest BCUT2D eigenvalue weighted by Gasteiger charge is -2.23. The van der Waals surface area contributed by atoms with Gasteiger partial charge in [0.1, 0.15) is 0 Å². The van der Waals surface area contributed by atoms with Crippen molar-refractivity contribution in [3.8, 4) is 0 Å². The molecule has 0 unspecified atom stereocenters. The van der Waals surface area contributed by atoms with Crippen LogP contribution < -0.4 is 15.5 Å². The zero-order valence-electron chi connectivity index (χ0n) is 25.0. The van der Waals surface area contributed by atoms with Crippen molar-refractivity contribution in [3.05, 3.63) is 94.6 Å². The van der Waals surface area contributed by atoms with Gasteiger partial charge in [-0.25, -0.2) is 9.78 Å². The number of nitrogens with one attached hydrogen (secondary N) is 2. The van der Waals surface area contributed by atoms with Crippen LogP contribution in [-0.4, -0.2) is 34.5 Å². The molecule has 1 aromatic heterocycles. The van der Waals surface area contributed by atoms with Gasteiger partial charge in [-0.2, -0.15) is 26.3 Å². The summed E-state index contributed by atoms with van der Waals surface area (Å²) in [6, 6.07) is 13.0. The summed E-state index contributed by atoms with van der Waals surface area (Å²) >= 11 is 0.406. The van der Waals surface area contributed by atoms with Gasteiger partial charge < -0.3 is 10.4 Å². The molecule has 0 saturated carbocycles. The van der Waals surface area contributed by atoms with Gasteiger partial charge in [-0.05, 0) is 78.8 Å². The Morgan fingerprint density at radius 3 is 2.20 bits per heavy atom. The molecular formula is C34H32F6N4O4S. The molecule has 5 rings (SSSR count). The first-order chi connectivity index (χ1) is 22.7. The highest BCUT2D eigenvalue weighted by Crippen LogP contribution is 2.43. The van der Waals surface area contributed by atoms with Gasteiger partial charge in [-0.1, -0.05) is 49.1 Å². The van der Waals surface area contributed by atoms with Crippen molar-refractivity contribution in [1.29, 1.82) is 0 Å². The number of urea groups is 1. The molecule has 8 nitrogen and oxygen atoms in total. The van der Waals surface area contributed by atoms with E-state index >= 15 is 0 Å². The summed E-state index contributed by atoms with van der Waals surface area (Å²) in [5.41, 5.74) is -0.215. The molecule has 0 atom stereocenters. The van der Waals surface area contributed by atoms with Crippen molar-refractivity contribution >= 4 is 55.9 Å². The van der Waals surface area contributed by atoms with E-state index in [1.54, 1.807) is 24.3 Å². The van der Waals surface area contributed by atoms with Crippen LogP contribution >= 0.6 is 11.3 Å². The number of benzene rings is 3. The van der Waals surface area contributed by atoms with Crippen LogP contribution in [0.1, 0.15) is 72.1 Å². The van der Waals surface area contributed by atoms with E-state index in [9.17, 15) is 40.7 Å². The highest BCUT2D eigenvalue weighted by molar-refractivity contribution is 7.22. The number of allylic oxidation sites excluding steroid dienone is 2. The van der Waals surface area contributed by atoms with Gasteiger partial charge in [-0.15, -0.1) is 0 Å². The first-order valence-electron chi connectivity index (χ1n) is 14.7. The van der Waals surface area contributed by atoms with Crippen LogP contribution in [0.2, 0.25) is 0 Å². The summed E-state index contributed by atoms with van der Waals surface area (Å²) < 4.78 is 80.9. The molecule has 49 heavy (non-hydrogen) atoms. The third-order valence-corrected chi connectivity index (χ3v) is 8.62. The predicted octanol–water partition coefficient (Wildman–Crippen LogP) is 9.37. The average molecular weight is 707 g/mol. The number of carboxylic acid groups (broad SMARTS) is 1. The van der Waals surface area contributed by atoms with E-state index in [1.807, 2.05) is 12.1 Å². The van der Waals surface area contributed by atoms with E-state index in [0.29, 0.717) is 28.7 Å². The van der Waals surface area contributed by atoms with Gasteiger partial charge >= 0.3 is 24.4 Å². The molecule has 260 valence electrons. The van der Waals surface area contributed by atoms with Crippen LogP contribution in [0.3, 0.4) is 0 Å². The molecule has 0 fully saturated rings. The number of thiazole rings is 1. The fraction of sp³-hybridized carbons (Fsp3) is 0.294. The maximum absolute atomic E-state index is 13.8. The van der Waals surface area contributed by atoms with Crippen LogP contribution in [0.15, 0.2) is 66.7 Å². The minimum atomic E-state index is -5.10. The first-order valence-corrected chi connectivity index (χ1v) is 15.6. The van der Waals surface area contributed by atoms with Crippen molar-refractivity contribution in [2.24, 2.45) is 0 Å². The summed E-state index contributed by atoms with van der Waals surface area (Å²) in [6.07, 6.45) is -4.21. The third kappa shape index (κ3) is 9.16. The molecule has 0 bridgehead atoms.